The minimum Gasteiger partial charge on any atom is -0.496 e. The van der Waals surface area contributed by atoms with Gasteiger partial charge >= 0.3 is 5.69 Å². The number of hydrogen-bond acceptors (Lipinski definition) is 6. The van der Waals surface area contributed by atoms with Crippen LogP contribution in [0.15, 0.2) is 63.5 Å². The molecule has 0 aliphatic carbocycles. The Morgan fingerprint density at radius 2 is 1.82 bits per heavy atom. The second-order valence-electron chi connectivity index (χ2n) is 9.22. The number of fused-ring (bicyclic) bond motifs is 1. The third-order valence-electron chi connectivity index (χ3n) is 6.50. The first-order chi connectivity index (χ1) is 18.4. The molecule has 0 fully saturated rings. The van der Waals surface area contributed by atoms with E-state index in [-0.39, 0.29) is 24.6 Å². The van der Waals surface area contributed by atoms with Gasteiger partial charge in [0.05, 0.1) is 19.2 Å². The summed E-state index contributed by atoms with van der Waals surface area (Å²) in [6, 6.07) is 14.8. The fourth-order valence-corrected chi connectivity index (χ4v) is 5.22. The molecule has 0 radical (unpaired) electrons. The second-order valence-corrected chi connectivity index (χ2v) is 10.1. The van der Waals surface area contributed by atoms with Crippen LogP contribution < -0.4 is 21.3 Å². The minimum atomic E-state index is -0.407. The van der Waals surface area contributed by atoms with Crippen LogP contribution in [0.5, 0.6) is 5.75 Å². The Morgan fingerprint density at radius 1 is 1.03 bits per heavy atom. The predicted molar refractivity (Wildman–Crippen MR) is 149 cm³/mol. The first-order valence-electron chi connectivity index (χ1n) is 12.6. The maximum atomic E-state index is 13.4. The molecular formula is C29H31N3O5S. The van der Waals surface area contributed by atoms with Gasteiger partial charge in [-0.15, -0.1) is 11.3 Å². The summed E-state index contributed by atoms with van der Waals surface area (Å²) < 4.78 is 8.76. The van der Waals surface area contributed by atoms with Crippen molar-refractivity contribution >= 4 is 33.7 Å². The van der Waals surface area contributed by atoms with E-state index in [1.165, 1.54) is 28.6 Å². The number of amides is 1. The molecule has 0 aliphatic rings. The van der Waals surface area contributed by atoms with Crippen LogP contribution in [0.1, 0.15) is 52.7 Å². The minimum absolute atomic E-state index is 0.0170. The molecule has 1 N–H and O–H groups in total. The van der Waals surface area contributed by atoms with Gasteiger partial charge in [0.2, 0.25) is 5.91 Å². The Labute approximate surface area is 224 Å². The molecule has 198 valence electrons. The number of nitrogens with zero attached hydrogens (tertiary/aromatic N) is 2. The molecule has 0 aliphatic heterocycles. The van der Waals surface area contributed by atoms with E-state index in [0.29, 0.717) is 59.3 Å². The zero-order valence-corrected chi connectivity index (χ0v) is 22.4. The van der Waals surface area contributed by atoms with Gasteiger partial charge in [-0.05, 0) is 55.0 Å². The number of unbranched alkanes of at least 4 members (excludes halogenated alkanes) is 2. The van der Waals surface area contributed by atoms with Crippen LogP contribution in [0.25, 0.3) is 10.2 Å². The number of hydrogen-bond donors (Lipinski definition) is 1. The summed E-state index contributed by atoms with van der Waals surface area (Å²) >= 11 is 1.30. The normalized spacial score (nSPS) is 11.0. The van der Waals surface area contributed by atoms with Crippen molar-refractivity contribution in [3.8, 4) is 5.75 Å². The van der Waals surface area contributed by atoms with Gasteiger partial charge in [-0.25, -0.2) is 4.79 Å². The molecular weight excluding hydrogens is 502 g/mol. The van der Waals surface area contributed by atoms with Gasteiger partial charge < -0.3 is 10.1 Å². The van der Waals surface area contributed by atoms with Gasteiger partial charge in [0, 0.05) is 30.6 Å². The molecule has 2 heterocycles. The van der Waals surface area contributed by atoms with E-state index in [4.69, 9.17) is 4.74 Å². The van der Waals surface area contributed by atoms with Crippen LogP contribution in [0.2, 0.25) is 0 Å². The SMILES string of the molecule is COc1ccc(C=O)cc1Cn1c(=O)n(CCCCCC(=O)NCc2ccc(C)cc2)c(=O)c2sccc21. The van der Waals surface area contributed by atoms with Crippen molar-refractivity contribution in [2.24, 2.45) is 0 Å². The van der Waals surface area contributed by atoms with E-state index in [2.05, 4.69) is 5.32 Å². The van der Waals surface area contributed by atoms with Crippen LogP contribution in [0, 0.1) is 6.92 Å². The first-order valence-corrected chi connectivity index (χ1v) is 13.4. The largest absolute Gasteiger partial charge is 0.496 e. The summed E-state index contributed by atoms with van der Waals surface area (Å²) in [4.78, 5) is 50.0. The number of aromatic nitrogens is 2. The van der Waals surface area contributed by atoms with E-state index in [9.17, 15) is 19.2 Å². The standard InChI is InChI=1S/C29H31N3O5S/c1-20-7-9-21(10-8-20)17-30-26(34)6-4-3-5-14-31-28(35)27-24(13-15-38-27)32(29(31)36)18-23-16-22(19-33)11-12-25(23)37-2/h7-13,15-16,19H,3-6,14,17-18H2,1-2H3,(H,30,34). The summed E-state index contributed by atoms with van der Waals surface area (Å²) in [5, 5.41) is 4.72. The fraction of sp³-hybridized carbons (Fsp3) is 0.310. The van der Waals surface area contributed by atoms with E-state index in [1.54, 1.807) is 34.2 Å². The van der Waals surface area contributed by atoms with Gasteiger partial charge in [0.1, 0.15) is 16.7 Å². The Morgan fingerprint density at radius 3 is 2.55 bits per heavy atom. The number of carbonyl (C=O) groups excluding carboxylic acids is 2. The number of aldehydes is 1. The van der Waals surface area contributed by atoms with Crippen LogP contribution >= 0.6 is 11.3 Å². The van der Waals surface area contributed by atoms with Gasteiger partial charge in [0.15, 0.2) is 0 Å². The lowest BCUT2D eigenvalue weighted by Crippen LogP contribution is -2.39. The Kier molecular flexibility index (Phi) is 8.91. The number of ether oxygens (including phenoxy) is 1. The van der Waals surface area contributed by atoms with Gasteiger partial charge in [-0.2, -0.15) is 0 Å². The van der Waals surface area contributed by atoms with E-state index in [1.807, 2.05) is 31.2 Å². The number of benzene rings is 2. The molecule has 0 saturated carbocycles. The number of nitrogens with one attached hydrogen (secondary N) is 1. The second kappa shape index (κ2) is 12.5. The smallest absolute Gasteiger partial charge is 0.331 e. The lowest BCUT2D eigenvalue weighted by atomic mass is 10.1. The molecule has 9 heteroatoms. The number of rotatable bonds is 12. The highest BCUT2D eigenvalue weighted by atomic mass is 32.1. The molecule has 2 aromatic heterocycles. The van der Waals surface area contributed by atoms with Crippen LogP contribution in [0.4, 0.5) is 0 Å². The van der Waals surface area contributed by atoms with Crippen molar-refractivity contribution < 1.29 is 14.3 Å². The monoisotopic (exact) mass is 533 g/mol. The van der Waals surface area contributed by atoms with Crippen molar-refractivity contribution in [1.29, 1.82) is 0 Å². The molecule has 0 saturated heterocycles. The molecule has 4 aromatic rings. The highest BCUT2D eigenvalue weighted by molar-refractivity contribution is 7.17. The van der Waals surface area contributed by atoms with Crippen molar-refractivity contribution in [2.75, 3.05) is 7.11 Å². The molecule has 0 bridgehead atoms. The van der Waals surface area contributed by atoms with E-state index in [0.717, 1.165) is 11.8 Å². The average Bonchev–Trinajstić information content (AvgIpc) is 3.42. The molecule has 8 nitrogen and oxygen atoms in total. The zero-order chi connectivity index (χ0) is 27.1. The fourth-order valence-electron chi connectivity index (χ4n) is 4.38. The summed E-state index contributed by atoms with van der Waals surface area (Å²) in [7, 11) is 1.53. The average molecular weight is 534 g/mol. The number of aryl methyl sites for hydroxylation is 1. The van der Waals surface area contributed by atoms with Crippen molar-refractivity contribution in [3.05, 3.63) is 97.0 Å². The van der Waals surface area contributed by atoms with Crippen molar-refractivity contribution in [3.63, 3.8) is 0 Å². The number of carbonyl (C=O) groups is 2. The summed E-state index contributed by atoms with van der Waals surface area (Å²) in [6.45, 7) is 2.95. The van der Waals surface area contributed by atoms with Gasteiger partial charge in [0.25, 0.3) is 5.56 Å². The van der Waals surface area contributed by atoms with Crippen molar-refractivity contribution in [2.45, 2.75) is 52.2 Å². The third kappa shape index (κ3) is 6.28. The summed E-state index contributed by atoms with van der Waals surface area (Å²) in [6.07, 6.45) is 3.11. The van der Waals surface area contributed by atoms with Crippen LogP contribution in [0.3, 0.4) is 0 Å². The predicted octanol–water partition coefficient (Wildman–Crippen LogP) is 4.28. The van der Waals surface area contributed by atoms with Crippen molar-refractivity contribution in [1.82, 2.24) is 14.5 Å². The number of thiophene rings is 1. The lowest BCUT2D eigenvalue weighted by Gasteiger charge is -2.14. The molecule has 0 atom stereocenters. The number of methoxy groups -OCH3 is 1. The first kappa shape index (κ1) is 27.1. The molecule has 1 amide bonds. The van der Waals surface area contributed by atoms with Gasteiger partial charge in [-0.3, -0.25) is 23.5 Å². The van der Waals surface area contributed by atoms with Gasteiger partial charge in [-0.1, -0.05) is 36.2 Å². The lowest BCUT2D eigenvalue weighted by molar-refractivity contribution is -0.121. The van der Waals surface area contributed by atoms with E-state index < -0.39 is 5.69 Å². The maximum absolute atomic E-state index is 13.4. The molecule has 0 spiro atoms. The Bertz CT molecular complexity index is 1550. The quantitative estimate of drug-likeness (QED) is 0.217. The van der Waals surface area contributed by atoms with Crippen LogP contribution in [-0.2, 0) is 24.4 Å². The highest BCUT2D eigenvalue weighted by Gasteiger charge is 2.16. The molecule has 2 aromatic carbocycles. The molecule has 4 rings (SSSR count). The highest BCUT2D eigenvalue weighted by Crippen LogP contribution is 2.22. The third-order valence-corrected chi connectivity index (χ3v) is 7.39. The Hall–Kier alpha value is -3.98. The van der Waals surface area contributed by atoms with E-state index >= 15 is 0 Å². The topological polar surface area (TPSA) is 99.4 Å². The molecule has 0 unspecified atom stereocenters. The maximum Gasteiger partial charge on any atom is 0.331 e. The Balaban J connectivity index is 1.41. The summed E-state index contributed by atoms with van der Waals surface area (Å²) in [5.41, 5.74) is 3.23. The zero-order valence-electron chi connectivity index (χ0n) is 21.6. The van der Waals surface area contributed by atoms with Crippen LogP contribution in [-0.4, -0.2) is 28.4 Å². The molecule has 38 heavy (non-hydrogen) atoms. The summed E-state index contributed by atoms with van der Waals surface area (Å²) in [5.74, 6) is 0.542.